The first-order chi connectivity index (χ1) is 12.0. The summed E-state index contributed by atoms with van der Waals surface area (Å²) in [5.41, 5.74) is 4.38. The number of para-hydroxylation sites is 2. The molecule has 7 nitrogen and oxygen atoms in total. The first kappa shape index (κ1) is 16.8. The number of nitrogens with zero attached hydrogens (tertiary/aromatic N) is 3. The Morgan fingerprint density at radius 2 is 2.08 bits per heavy atom. The van der Waals surface area contributed by atoms with Gasteiger partial charge in [0.25, 0.3) is 0 Å². The highest BCUT2D eigenvalue weighted by Crippen LogP contribution is 2.19. The van der Waals surface area contributed by atoms with Crippen molar-refractivity contribution in [2.24, 2.45) is 0 Å². The van der Waals surface area contributed by atoms with Gasteiger partial charge >= 0.3 is 6.03 Å². The van der Waals surface area contributed by atoms with Crippen molar-refractivity contribution in [2.45, 2.75) is 33.2 Å². The summed E-state index contributed by atoms with van der Waals surface area (Å²) in [6, 6.07) is 11.2. The van der Waals surface area contributed by atoms with Crippen LogP contribution in [0.1, 0.15) is 24.0 Å². The zero-order valence-corrected chi connectivity index (χ0v) is 14.6. The van der Waals surface area contributed by atoms with Gasteiger partial charge in [0.05, 0.1) is 22.8 Å². The van der Waals surface area contributed by atoms with Crippen LogP contribution < -0.4 is 10.6 Å². The van der Waals surface area contributed by atoms with Gasteiger partial charge in [-0.3, -0.25) is 5.10 Å². The third-order valence-corrected chi connectivity index (χ3v) is 3.77. The monoisotopic (exact) mass is 338 g/mol. The Labute approximate surface area is 146 Å². The van der Waals surface area contributed by atoms with Gasteiger partial charge in [-0.15, -0.1) is 0 Å². The highest BCUT2D eigenvalue weighted by Gasteiger charge is 2.12. The normalized spacial score (nSPS) is 12.0. The molecule has 0 fully saturated rings. The molecule has 2 aromatic heterocycles. The number of aromatic amines is 1. The Kier molecular flexibility index (Phi) is 4.83. The summed E-state index contributed by atoms with van der Waals surface area (Å²) in [6.45, 7) is 5.83. The molecule has 3 N–H and O–H groups in total. The number of urea groups is 1. The van der Waals surface area contributed by atoms with Crippen LogP contribution in [0.5, 0.6) is 0 Å². The summed E-state index contributed by atoms with van der Waals surface area (Å²) in [7, 11) is 0. The largest absolute Gasteiger partial charge is 0.335 e. The molecule has 25 heavy (non-hydrogen) atoms. The number of carbonyl (C=O) groups excluding carboxylic acids is 1. The van der Waals surface area contributed by atoms with Crippen LogP contribution in [0, 0.1) is 13.8 Å². The number of carbonyl (C=O) groups is 1. The number of aromatic nitrogens is 4. The molecule has 0 spiro atoms. The second-order valence-corrected chi connectivity index (χ2v) is 6.16. The SMILES string of the molecule is Cc1ccn(-c2ccccc2NC(=O)N[C@H](C)Cc2cc(C)[nH]n2)n1. The van der Waals surface area contributed by atoms with Crippen molar-refractivity contribution in [1.82, 2.24) is 25.3 Å². The Hall–Kier alpha value is -3.09. The summed E-state index contributed by atoms with van der Waals surface area (Å²) in [5, 5.41) is 17.3. The van der Waals surface area contributed by atoms with Gasteiger partial charge in [-0.05, 0) is 45.0 Å². The lowest BCUT2D eigenvalue weighted by Crippen LogP contribution is -2.37. The first-order valence-corrected chi connectivity index (χ1v) is 8.21. The quantitative estimate of drug-likeness (QED) is 0.668. The minimum atomic E-state index is -0.254. The lowest BCUT2D eigenvalue weighted by Gasteiger charge is -2.15. The Bertz CT molecular complexity index is 866. The molecule has 2 heterocycles. The maximum Gasteiger partial charge on any atom is 0.319 e. The van der Waals surface area contributed by atoms with Gasteiger partial charge in [0.15, 0.2) is 0 Å². The number of H-pyrrole nitrogens is 1. The average molecular weight is 338 g/mol. The van der Waals surface area contributed by atoms with E-state index in [-0.39, 0.29) is 12.1 Å². The van der Waals surface area contributed by atoms with Gasteiger partial charge in [-0.25, -0.2) is 9.48 Å². The Morgan fingerprint density at radius 3 is 2.76 bits per heavy atom. The van der Waals surface area contributed by atoms with Crippen molar-refractivity contribution in [3.8, 4) is 5.69 Å². The van der Waals surface area contributed by atoms with Crippen LogP contribution in [0.25, 0.3) is 5.69 Å². The molecule has 3 rings (SSSR count). The Morgan fingerprint density at radius 1 is 1.28 bits per heavy atom. The predicted octanol–water partition coefficient (Wildman–Crippen LogP) is 2.96. The molecule has 1 atom stereocenters. The molecule has 0 bridgehead atoms. The van der Waals surface area contributed by atoms with E-state index in [1.54, 1.807) is 4.68 Å². The number of rotatable bonds is 5. The van der Waals surface area contributed by atoms with E-state index in [2.05, 4.69) is 25.9 Å². The minimum absolute atomic E-state index is 0.0400. The van der Waals surface area contributed by atoms with E-state index in [1.807, 2.05) is 63.4 Å². The molecular weight excluding hydrogens is 316 g/mol. The molecule has 0 saturated heterocycles. The number of amides is 2. The molecule has 0 saturated carbocycles. The maximum absolute atomic E-state index is 12.3. The van der Waals surface area contributed by atoms with E-state index < -0.39 is 0 Å². The second-order valence-electron chi connectivity index (χ2n) is 6.16. The van der Waals surface area contributed by atoms with Crippen LogP contribution in [0.15, 0.2) is 42.6 Å². The standard InChI is InChI=1S/C18H22N6O/c1-12-8-9-24(23-12)17-7-5-4-6-16(17)20-18(25)19-13(2)10-15-11-14(3)21-22-15/h4-9,11,13H,10H2,1-3H3,(H,21,22)(H2,19,20,25)/t13-/m1/s1. The van der Waals surface area contributed by atoms with Crippen molar-refractivity contribution >= 4 is 11.7 Å². The number of aryl methyl sites for hydroxylation is 2. The number of hydrogen-bond acceptors (Lipinski definition) is 3. The highest BCUT2D eigenvalue weighted by molar-refractivity contribution is 5.91. The molecule has 0 aliphatic heterocycles. The summed E-state index contributed by atoms with van der Waals surface area (Å²) in [6.07, 6.45) is 2.54. The fourth-order valence-electron chi connectivity index (χ4n) is 2.65. The van der Waals surface area contributed by atoms with Gasteiger partial charge < -0.3 is 10.6 Å². The summed E-state index contributed by atoms with van der Waals surface area (Å²) in [4.78, 5) is 12.3. The molecule has 0 radical (unpaired) electrons. The van der Waals surface area contributed by atoms with Crippen LogP contribution in [0.4, 0.5) is 10.5 Å². The van der Waals surface area contributed by atoms with Crippen LogP contribution in [-0.2, 0) is 6.42 Å². The summed E-state index contributed by atoms with van der Waals surface area (Å²) < 4.78 is 1.75. The second kappa shape index (κ2) is 7.21. The minimum Gasteiger partial charge on any atom is -0.335 e. The van der Waals surface area contributed by atoms with Gasteiger partial charge in [-0.1, -0.05) is 12.1 Å². The van der Waals surface area contributed by atoms with E-state index in [9.17, 15) is 4.79 Å². The van der Waals surface area contributed by atoms with E-state index in [0.717, 1.165) is 22.8 Å². The van der Waals surface area contributed by atoms with Crippen LogP contribution in [0.2, 0.25) is 0 Å². The molecule has 3 aromatic rings. The van der Waals surface area contributed by atoms with Crippen molar-refractivity contribution in [1.29, 1.82) is 0 Å². The molecule has 2 amide bonds. The van der Waals surface area contributed by atoms with Crippen LogP contribution in [-0.4, -0.2) is 32.1 Å². The van der Waals surface area contributed by atoms with Gasteiger partial charge in [0.2, 0.25) is 0 Å². The lowest BCUT2D eigenvalue weighted by molar-refractivity contribution is 0.249. The van der Waals surface area contributed by atoms with Crippen molar-refractivity contribution in [3.63, 3.8) is 0 Å². The third kappa shape index (κ3) is 4.26. The van der Waals surface area contributed by atoms with Gasteiger partial charge in [0, 0.05) is 24.4 Å². The number of anilines is 1. The molecular formula is C18H22N6O. The lowest BCUT2D eigenvalue weighted by atomic mass is 10.2. The maximum atomic E-state index is 12.3. The topological polar surface area (TPSA) is 87.6 Å². The number of hydrogen-bond donors (Lipinski definition) is 3. The summed E-state index contributed by atoms with van der Waals surface area (Å²) in [5.74, 6) is 0. The predicted molar refractivity (Wildman–Crippen MR) is 96.9 cm³/mol. The van der Waals surface area contributed by atoms with Gasteiger partial charge in [-0.2, -0.15) is 10.2 Å². The van der Waals surface area contributed by atoms with E-state index in [1.165, 1.54) is 0 Å². The number of benzene rings is 1. The molecule has 130 valence electrons. The van der Waals surface area contributed by atoms with E-state index in [0.29, 0.717) is 12.1 Å². The van der Waals surface area contributed by atoms with Crippen molar-refractivity contribution in [3.05, 3.63) is 59.7 Å². The zero-order chi connectivity index (χ0) is 17.8. The molecule has 7 heteroatoms. The van der Waals surface area contributed by atoms with Crippen LogP contribution in [0.3, 0.4) is 0 Å². The first-order valence-electron chi connectivity index (χ1n) is 8.21. The molecule has 0 unspecified atom stereocenters. The van der Waals surface area contributed by atoms with Crippen molar-refractivity contribution < 1.29 is 4.79 Å². The highest BCUT2D eigenvalue weighted by atomic mass is 16.2. The third-order valence-electron chi connectivity index (χ3n) is 3.77. The molecule has 0 aliphatic carbocycles. The van der Waals surface area contributed by atoms with Crippen LogP contribution >= 0.6 is 0 Å². The molecule has 1 aromatic carbocycles. The molecule has 0 aliphatic rings. The fourth-order valence-corrected chi connectivity index (χ4v) is 2.65. The number of nitrogens with one attached hydrogen (secondary N) is 3. The van der Waals surface area contributed by atoms with Gasteiger partial charge in [0.1, 0.15) is 0 Å². The Balaban J connectivity index is 1.65. The zero-order valence-electron chi connectivity index (χ0n) is 14.6. The van der Waals surface area contributed by atoms with E-state index in [4.69, 9.17) is 0 Å². The van der Waals surface area contributed by atoms with E-state index >= 15 is 0 Å². The van der Waals surface area contributed by atoms with Crippen molar-refractivity contribution in [2.75, 3.05) is 5.32 Å². The smallest absolute Gasteiger partial charge is 0.319 e. The average Bonchev–Trinajstić information content (AvgIpc) is 3.16. The summed E-state index contributed by atoms with van der Waals surface area (Å²) >= 11 is 0. The fraction of sp³-hybridized carbons (Fsp3) is 0.278.